The fourth-order valence-corrected chi connectivity index (χ4v) is 2.52. The van der Waals surface area contributed by atoms with Crippen molar-refractivity contribution in [3.63, 3.8) is 0 Å². The third kappa shape index (κ3) is 3.72. The number of nitrogens with zero attached hydrogens (tertiary/aromatic N) is 2. The highest BCUT2D eigenvalue weighted by Crippen LogP contribution is 2.19. The Kier molecular flexibility index (Phi) is 5.14. The summed E-state index contributed by atoms with van der Waals surface area (Å²) in [4.78, 5) is 12.5. The second kappa shape index (κ2) is 7.07. The van der Waals surface area contributed by atoms with Crippen molar-refractivity contribution in [2.45, 2.75) is 39.2 Å². The minimum atomic E-state index is -0.0396. The molecule has 0 saturated heterocycles. The van der Waals surface area contributed by atoms with Crippen molar-refractivity contribution in [3.8, 4) is 0 Å². The standard InChI is InChI=1S/C17H23N3O/c1-4-9-16(13-10-7-6-8-11-13)18-17(21)14-12-20(3)19-15(14)5-2/h6-8,10-12,16H,4-5,9H2,1-3H3,(H,18,21). The van der Waals surface area contributed by atoms with Crippen molar-refractivity contribution in [1.82, 2.24) is 15.1 Å². The van der Waals surface area contributed by atoms with Gasteiger partial charge in [0.2, 0.25) is 0 Å². The Bertz CT molecular complexity index is 589. The van der Waals surface area contributed by atoms with E-state index in [9.17, 15) is 4.79 Å². The molecule has 1 amide bonds. The predicted octanol–water partition coefficient (Wildman–Crippen LogP) is 3.25. The van der Waals surface area contributed by atoms with Crippen molar-refractivity contribution < 1.29 is 4.79 Å². The lowest BCUT2D eigenvalue weighted by atomic mass is 10.0. The number of aromatic nitrogens is 2. The maximum absolute atomic E-state index is 12.5. The Hall–Kier alpha value is -2.10. The Balaban J connectivity index is 2.18. The maximum Gasteiger partial charge on any atom is 0.255 e. The third-order valence-electron chi connectivity index (χ3n) is 3.57. The van der Waals surface area contributed by atoms with E-state index >= 15 is 0 Å². The number of hydrogen-bond donors (Lipinski definition) is 1. The average molecular weight is 285 g/mol. The highest BCUT2D eigenvalue weighted by Gasteiger charge is 2.18. The van der Waals surface area contributed by atoms with Crippen LogP contribution < -0.4 is 5.32 Å². The van der Waals surface area contributed by atoms with Gasteiger partial charge in [0.25, 0.3) is 5.91 Å². The molecule has 0 fully saturated rings. The lowest BCUT2D eigenvalue weighted by molar-refractivity contribution is 0.0933. The van der Waals surface area contributed by atoms with E-state index in [2.05, 4.69) is 29.5 Å². The van der Waals surface area contributed by atoms with E-state index in [0.29, 0.717) is 5.56 Å². The van der Waals surface area contributed by atoms with Gasteiger partial charge in [0.05, 0.1) is 17.3 Å². The van der Waals surface area contributed by atoms with Crippen LogP contribution in [-0.2, 0) is 13.5 Å². The molecule has 0 aliphatic carbocycles. The molecule has 0 bridgehead atoms. The van der Waals surface area contributed by atoms with Crippen molar-refractivity contribution in [2.24, 2.45) is 7.05 Å². The van der Waals surface area contributed by atoms with E-state index < -0.39 is 0 Å². The molecule has 1 heterocycles. The zero-order valence-corrected chi connectivity index (χ0v) is 13.0. The molecule has 1 aromatic carbocycles. The van der Waals surface area contributed by atoms with Crippen LogP contribution in [0.15, 0.2) is 36.5 Å². The van der Waals surface area contributed by atoms with E-state index in [-0.39, 0.29) is 11.9 Å². The van der Waals surface area contributed by atoms with Crippen molar-refractivity contribution in [3.05, 3.63) is 53.3 Å². The molecule has 0 saturated carbocycles. The molecular weight excluding hydrogens is 262 g/mol. The summed E-state index contributed by atoms with van der Waals surface area (Å²) in [6.45, 7) is 4.14. The number of carbonyl (C=O) groups excluding carboxylic acids is 1. The number of hydrogen-bond acceptors (Lipinski definition) is 2. The van der Waals surface area contributed by atoms with Gasteiger partial charge in [-0.05, 0) is 18.4 Å². The van der Waals surface area contributed by atoms with Gasteiger partial charge in [0.15, 0.2) is 0 Å². The number of nitrogens with one attached hydrogen (secondary N) is 1. The second-order valence-electron chi connectivity index (χ2n) is 5.24. The maximum atomic E-state index is 12.5. The van der Waals surface area contributed by atoms with Crippen LogP contribution in [-0.4, -0.2) is 15.7 Å². The fourth-order valence-electron chi connectivity index (χ4n) is 2.52. The van der Waals surface area contributed by atoms with Gasteiger partial charge < -0.3 is 5.32 Å². The molecule has 1 N–H and O–H groups in total. The van der Waals surface area contributed by atoms with Gasteiger partial charge in [-0.1, -0.05) is 50.6 Å². The summed E-state index contributed by atoms with van der Waals surface area (Å²) in [7, 11) is 1.84. The molecule has 0 aliphatic rings. The van der Waals surface area contributed by atoms with Crippen LogP contribution in [0.4, 0.5) is 0 Å². The third-order valence-corrected chi connectivity index (χ3v) is 3.57. The van der Waals surface area contributed by atoms with Crippen LogP contribution in [0.25, 0.3) is 0 Å². The quantitative estimate of drug-likeness (QED) is 0.885. The number of amides is 1. The van der Waals surface area contributed by atoms with Gasteiger partial charge in [-0.2, -0.15) is 5.10 Å². The molecule has 4 heteroatoms. The first-order valence-corrected chi connectivity index (χ1v) is 7.54. The number of rotatable bonds is 6. The molecule has 0 aliphatic heterocycles. The average Bonchev–Trinajstić information content (AvgIpc) is 2.89. The van der Waals surface area contributed by atoms with Gasteiger partial charge in [-0.25, -0.2) is 0 Å². The minimum Gasteiger partial charge on any atom is -0.345 e. The van der Waals surface area contributed by atoms with Crippen LogP contribution in [0.5, 0.6) is 0 Å². The molecule has 1 aromatic heterocycles. The number of aryl methyl sites for hydroxylation is 2. The van der Waals surface area contributed by atoms with E-state index in [1.54, 1.807) is 10.9 Å². The van der Waals surface area contributed by atoms with E-state index in [4.69, 9.17) is 0 Å². The Labute approximate surface area is 126 Å². The Morgan fingerprint density at radius 3 is 2.62 bits per heavy atom. The zero-order chi connectivity index (χ0) is 15.2. The van der Waals surface area contributed by atoms with Crippen LogP contribution in [0.3, 0.4) is 0 Å². The van der Waals surface area contributed by atoms with E-state index in [1.807, 2.05) is 32.2 Å². The molecular formula is C17H23N3O. The van der Waals surface area contributed by atoms with Gasteiger partial charge in [0.1, 0.15) is 0 Å². The normalized spacial score (nSPS) is 12.1. The summed E-state index contributed by atoms with van der Waals surface area (Å²) in [6.07, 6.45) is 4.50. The lowest BCUT2D eigenvalue weighted by Crippen LogP contribution is -2.29. The van der Waals surface area contributed by atoms with Crippen LogP contribution >= 0.6 is 0 Å². The van der Waals surface area contributed by atoms with Crippen molar-refractivity contribution in [2.75, 3.05) is 0 Å². The number of carbonyl (C=O) groups is 1. The van der Waals surface area contributed by atoms with Crippen LogP contribution in [0, 0.1) is 0 Å². The fraction of sp³-hybridized carbons (Fsp3) is 0.412. The van der Waals surface area contributed by atoms with E-state index in [0.717, 1.165) is 30.5 Å². The molecule has 0 radical (unpaired) electrons. The molecule has 1 unspecified atom stereocenters. The second-order valence-corrected chi connectivity index (χ2v) is 5.24. The van der Waals surface area contributed by atoms with Crippen molar-refractivity contribution >= 4 is 5.91 Å². The highest BCUT2D eigenvalue weighted by molar-refractivity contribution is 5.95. The van der Waals surface area contributed by atoms with Gasteiger partial charge in [-0.3, -0.25) is 9.48 Å². The molecule has 1 atom stereocenters. The summed E-state index contributed by atoms with van der Waals surface area (Å²) in [6, 6.07) is 10.2. The first-order chi connectivity index (χ1) is 10.2. The summed E-state index contributed by atoms with van der Waals surface area (Å²) < 4.78 is 1.70. The van der Waals surface area contributed by atoms with Gasteiger partial charge in [-0.15, -0.1) is 0 Å². The largest absolute Gasteiger partial charge is 0.345 e. The first-order valence-electron chi connectivity index (χ1n) is 7.54. The Morgan fingerprint density at radius 1 is 1.29 bits per heavy atom. The monoisotopic (exact) mass is 285 g/mol. The summed E-state index contributed by atoms with van der Waals surface area (Å²) in [5.41, 5.74) is 2.67. The minimum absolute atomic E-state index is 0.0396. The smallest absolute Gasteiger partial charge is 0.255 e. The lowest BCUT2D eigenvalue weighted by Gasteiger charge is -2.18. The molecule has 0 spiro atoms. The van der Waals surface area contributed by atoms with Crippen LogP contribution in [0.1, 0.15) is 54.3 Å². The predicted molar refractivity (Wildman–Crippen MR) is 84.1 cm³/mol. The van der Waals surface area contributed by atoms with Gasteiger partial charge >= 0.3 is 0 Å². The topological polar surface area (TPSA) is 46.9 Å². The summed E-state index contributed by atoms with van der Waals surface area (Å²) in [5, 5.41) is 7.48. The summed E-state index contributed by atoms with van der Waals surface area (Å²) >= 11 is 0. The molecule has 2 rings (SSSR count). The molecule has 112 valence electrons. The zero-order valence-electron chi connectivity index (χ0n) is 13.0. The van der Waals surface area contributed by atoms with E-state index in [1.165, 1.54) is 0 Å². The molecule has 21 heavy (non-hydrogen) atoms. The number of benzene rings is 1. The van der Waals surface area contributed by atoms with Crippen molar-refractivity contribution in [1.29, 1.82) is 0 Å². The summed E-state index contributed by atoms with van der Waals surface area (Å²) in [5.74, 6) is -0.0396. The highest BCUT2D eigenvalue weighted by atomic mass is 16.1. The first kappa shape index (κ1) is 15.3. The van der Waals surface area contributed by atoms with Crippen LogP contribution in [0.2, 0.25) is 0 Å². The molecule has 4 nitrogen and oxygen atoms in total. The SMILES string of the molecule is CCCC(NC(=O)c1cn(C)nc1CC)c1ccccc1. The molecule has 2 aromatic rings. The van der Waals surface area contributed by atoms with Gasteiger partial charge in [0, 0.05) is 13.2 Å². The Morgan fingerprint density at radius 2 is 2.00 bits per heavy atom.